The van der Waals surface area contributed by atoms with Gasteiger partial charge in [-0.1, -0.05) is 39.7 Å². The summed E-state index contributed by atoms with van der Waals surface area (Å²) in [5, 5.41) is 0. The lowest BCUT2D eigenvalue weighted by Gasteiger charge is -2.28. The first kappa shape index (κ1) is 12.4. The van der Waals surface area contributed by atoms with E-state index in [2.05, 4.69) is 41.1 Å². The Labute approximate surface area is 110 Å². The first-order valence-corrected chi connectivity index (χ1v) is 6.57. The highest BCUT2D eigenvalue weighted by atomic mass is 79.9. The minimum absolute atomic E-state index is 0.0696. The molecule has 0 fully saturated rings. The molecule has 0 saturated heterocycles. The fraction of sp³-hybridized carbons (Fsp3) is 0.357. The zero-order valence-electron chi connectivity index (χ0n) is 9.82. The normalized spacial score (nSPS) is 24.2. The SMILES string of the molecule is CC1=CCC(C(N)=O)C(c2ccc(Br)cc2)C1. The van der Waals surface area contributed by atoms with Gasteiger partial charge in [-0.25, -0.2) is 0 Å². The molecule has 2 unspecified atom stereocenters. The average molecular weight is 294 g/mol. The van der Waals surface area contributed by atoms with Crippen molar-refractivity contribution in [1.29, 1.82) is 0 Å². The molecular weight excluding hydrogens is 278 g/mol. The molecule has 3 heteroatoms. The van der Waals surface area contributed by atoms with E-state index in [0.717, 1.165) is 17.3 Å². The predicted molar refractivity (Wildman–Crippen MR) is 72.6 cm³/mol. The van der Waals surface area contributed by atoms with Gasteiger partial charge in [0.25, 0.3) is 0 Å². The summed E-state index contributed by atoms with van der Waals surface area (Å²) in [4.78, 5) is 11.5. The highest BCUT2D eigenvalue weighted by Gasteiger charge is 2.29. The van der Waals surface area contributed by atoms with Gasteiger partial charge in [-0.15, -0.1) is 0 Å². The maximum absolute atomic E-state index is 11.5. The molecule has 0 saturated carbocycles. The van der Waals surface area contributed by atoms with Crippen molar-refractivity contribution in [3.8, 4) is 0 Å². The Morgan fingerprint density at radius 3 is 2.59 bits per heavy atom. The van der Waals surface area contributed by atoms with Crippen LogP contribution in [0.1, 0.15) is 31.2 Å². The summed E-state index contributed by atoms with van der Waals surface area (Å²) in [6.45, 7) is 2.11. The Balaban J connectivity index is 2.31. The molecule has 90 valence electrons. The van der Waals surface area contributed by atoms with E-state index in [1.54, 1.807) is 0 Å². The van der Waals surface area contributed by atoms with Gasteiger partial charge >= 0.3 is 0 Å². The van der Waals surface area contributed by atoms with Gasteiger partial charge in [0.2, 0.25) is 5.91 Å². The molecule has 0 aliphatic heterocycles. The lowest BCUT2D eigenvalue weighted by molar-refractivity contribution is -0.122. The van der Waals surface area contributed by atoms with Gasteiger partial charge in [-0.05, 0) is 43.4 Å². The molecule has 1 aromatic carbocycles. The van der Waals surface area contributed by atoms with E-state index < -0.39 is 0 Å². The minimum Gasteiger partial charge on any atom is -0.369 e. The highest BCUT2D eigenvalue weighted by Crippen LogP contribution is 2.37. The maximum Gasteiger partial charge on any atom is 0.221 e. The Morgan fingerprint density at radius 2 is 2.00 bits per heavy atom. The number of halogens is 1. The van der Waals surface area contributed by atoms with Crippen LogP contribution >= 0.6 is 15.9 Å². The van der Waals surface area contributed by atoms with Crippen molar-refractivity contribution < 1.29 is 4.79 Å². The van der Waals surface area contributed by atoms with E-state index in [1.807, 2.05) is 12.1 Å². The summed E-state index contributed by atoms with van der Waals surface area (Å²) in [5.41, 5.74) is 8.03. The lowest BCUT2D eigenvalue weighted by atomic mass is 9.76. The number of hydrogen-bond donors (Lipinski definition) is 1. The minimum atomic E-state index is -0.193. The van der Waals surface area contributed by atoms with Crippen LogP contribution < -0.4 is 5.73 Å². The van der Waals surface area contributed by atoms with Crippen LogP contribution in [0.4, 0.5) is 0 Å². The molecule has 0 radical (unpaired) electrons. The van der Waals surface area contributed by atoms with Gasteiger partial charge in [0, 0.05) is 10.4 Å². The van der Waals surface area contributed by atoms with E-state index in [1.165, 1.54) is 11.1 Å². The van der Waals surface area contributed by atoms with Gasteiger partial charge in [-0.3, -0.25) is 4.79 Å². The number of amides is 1. The summed E-state index contributed by atoms with van der Waals surface area (Å²) in [6, 6.07) is 8.18. The zero-order chi connectivity index (χ0) is 12.4. The van der Waals surface area contributed by atoms with Crippen LogP contribution in [-0.4, -0.2) is 5.91 Å². The number of nitrogens with two attached hydrogens (primary N) is 1. The van der Waals surface area contributed by atoms with Gasteiger partial charge in [0.05, 0.1) is 0 Å². The summed E-state index contributed by atoms with van der Waals surface area (Å²) in [5.74, 6) is -0.0351. The molecule has 0 heterocycles. The molecule has 2 rings (SSSR count). The van der Waals surface area contributed by atoms with E-state index >= 15 is 0 Å². The summed E-state index contributed by atoms with van der Waals surface area (Å²) in [7, 11) is 0. The van der Waals surface area contributed by atoms with Crippen LogP contribution in [-0.2, 0) is 4.79 Å². The number of allylic oxidation sites excluding steroid dienone is 2. The third kappa shape index (κ3) is 2.78. The van der Waals surface area contributed by atoms with Gasteiger partial charge in [-0.2, -0.15) is 0 Å². The number of primary amides is 1. The van der Waals surface area contributed by atoms with Crippen LogP contribution in [0, 0.1) is 5.92 Å². The molecule has 1 aliphatic rings. The van der Waals surface area contributed by atoms with Crippen LogP contribution in [0.5, 0.6) is 0 Å². The largest absolute Gasteiger partial charge is 0.369 e. The molecule has 1 amide bonds. The van der Waals surface area contributed by atoms with E-state index in [9.17, 15) is 4.79 Å². The summed E-state index contributed by atoms with van der Waals surface area (Å²) < 4.78 is 1.06. The van der Waals surface area contributed by atoms with E-state index in [-0.39, 0.29) is 17.7 Å². The molecule has 2 N–H and O–H groups in total. The smallest absolute Gasteiger partial charge is 0.221 e. The topological polar surface area (TPSA) is 43.1 Å². The standard InChI is InChI=1S/C14H16BrNO/c1-9-2-7-12(14(16)17)13(8-9)10-3-5-11(15)6-4-10/h2-6,12-13H,7-8H2,1H3,(H2,16,17). The Bertz CT molecular complexity index is 450. The number of benzene rings is 1. The molecule has 1 aromatic rings. The predicted octanol–water partition coefficient (Wildman–Crippen LogP) is 3.37. The number of rotatable bonds is 2. The van der Waals surface area contributed by atoms with Crippen molar-refractivity contribution in [2.24, 2.45) is 11.7 Å². The molecule has 0 bridgehead atoms. The second-order valence-electron chi connectivity index (χ2n) is 4.66. The number of carbonyl (C=O) groups is 1. The monoisotopic (exact) mass is 293 g/mol. The van der Waals surface area contributed by atoms with Crippen molar-refractivity contribution >= 4 is 21.8 Å². The average Bonchev–Trinajstić information content (AvgIpc) is 2.29. The molecule has 0 spiro atoms. The molecular formula is C14H16BrNO. The van der Waals surface area contributed by atoms with Crippen molar-refractivity contribution in [2.45, 2.75) is 25.7 Å². The molecule has 0 aromatic heterocycles. The molecule has 17 heavy (non-hydrogen) atoms. The fourth-order valence-electron chi connectivity index (χ4n) is 2.44. The molecule has 2 atom stereocenters. The van der Waals surface area contributed by atoms with Crippen LogP contribution in [0.15, 0.2) is 40.4 Å². The Hall–Kier alpha value is -1.09. The lowest BCUT2D eigenvalue weighted by Crippen LogP contribution is -2.30. The van der Waals surface area contributed by atoms with Crippen LogP contribution in [0.3, 0.4) is 0 Å². The van der Waals surface area contributed by atoms with Crippen LogP contribution in [0.25, 0.3) is 0 Å². The first-order chi connectivity index (χ1) is 8.08. The number of carbonyl (C=O) groups excluding carboxylic acids is 1. The van der Waals surface area contributed by atoms with Crippen molar-refractivity contribution in [3.63, 3.8) is 0 Å². The fourth-order valence-corrected chi connectivity index (χ4v) is 2.70. The molecule has 2 nitrogen and oxygen atoms in total. The van der Waals surface area contributed by atoms with Gasteiger partial charge in [0.15, 0.2) is 0 Å². The zero-order valence-corrected chi connectivity index (χ0v) is 11.4. The third-order valence-electron chi connectivity index (χ3n) is 3.41. The van der Waals surface area contributed by atoms with Gasteiger partial charge < -0.3 is 5.73 Å². The van der Waals surface area contributed by atoms with Crippen molar-refractivity contribution in [3.05, 3.63) is 46.0 Å². The van der Waals surface area contributed by atoms with Crippen LogP contribution in [0.2, 0.25) is 0 Å². The summed E-state index contributed by atoms with van der Waals surface area (Å²) >= 11 is 3.42. The maximum atomic E-state index is 11.5. The summed E-state index contributed by atoms with van der Waals surface area (Å²) in [6.07, 6.45) is 3.82. The molecule has 1 aliphatic carbocycles. The number of hydrogen-bond acceptors (Lipinski definition) is 1. The van der Waals surface area contributed by atoms with Crippen molar-refractivity contribution in [2.75, 3.05) is 0 Å². The van der Waals surface area contributed by atoms with Gasteiger partial charge in [0.1, 0.15) is 0 Å². The van der Waals surface area contributed by atoms with Crippen molar-refractivity contribution in [1.82, 2.24) is 0 Å². The third-order valence-corrected chi connectivity index (χ3v) is 3.94. The second kappa shape index (κ2) is 5.05. The Morgan fingerprint density at radius 1 is 1.35 bits per heavy atom. The highest BCUT2D eigenvalue weighted by molar-refractivity contribution is 9.10. The first-order valence-electron chi connectivity index (χ1n) is 5.78. The quantitative estimate of drug-likeness (QED) is 0.835. The van der Waals surface area contributed by atoms with E-state index in [4.69, 9.17) is 5.73 Å². The van der Waals surface area contributed by atoms with E-state index in [0.29, 0.717) is 0 Å². The second-order valence-corrected chi connectivity index (χ2v) is 5.57. The Kier molecular flexibility index (Phi) is 3.67.